The highest BCUT2D eigenvalue weighted by molar-refractivity contribution is 5.85. The van der Waals surface area contributed by atoms with E-state index in [1.54, 1.807) is 0 Å². The number of morpholine rings is 1. The fourth-order valence-electron chi connectivity index (χ4n) is 3.30. The van der Waals surface area contributed by atoms with Crippen molar-refractivity contribution in [2.45, 2.75) is 57.1 Å². The van der Waals surface area contributed by atoms with E-state index in [9.17, 15) is 4.79 Å². The van der Waals surface area contributed by atoms with E-state index in [2.05, 4.69) is 10.2 Å². The number of carbonyl (C=O) groups excluding carboxylic acids is 1. The lowest BCUT2D eigenvalue weighted by molar-refractivity contribution is -0.148. The van der Waals surface area contributed by atoms with Crippen LogP contribution >= 0.6 is 12.4 Å². The third kappa shape index (κ3) is 4.09. The number of halogens is 1. The van der Waals surface area contributed by atoms with Crippen LogP contribution < -0.4 is 5.32 Å². The number of carbonyl (C=O) groups is 1. The van der Waals surface area contributed by atoms with Crippen molar-refractivity contribution in [2.75, 3.05) is 26.2 Å². The molecule has 116 valence electrons. The molecule has 1 N–H and O–H groups in total. The molecule has 0 radical (unpaired) electrons. The molecule has 3 rings (SSSR count). The maximum absolute atomic E-state index is 12.7. The van der Waals surface area contributed by atoms with Crippen LogP contribution in [0.2, 0.25) is 0 Å². The van der Waals surface area contributed by atoms with Crippen molar-refractivity contribution in [2.24, 2.45) is 5.92 Å². The first-order valence-electron chi connectivity index (χ1n) is 7.97. The van der Waals surface area contributed by atoms with Gasteiger partial charge in [0.25, 0.3) is 5.91 Å². The fourth-order valence-corrected chi connectivity index (χ4v) is 3.30. The Hall–Kier alpha value is -0.320. The van der Waals surface area contributed by atoms with Crippen molar-refractivity contribution in [3.8, 4) is 0 Å². The van der Waals surface area contributed by atoms with Gasteiger partial charge in [-0.3, -0.25) is 4.79 Å². The van der Waals surface area contributed by atoms with Gasteiger partial charge in [0.1, 0.15) is 6.10 Å². The van der Waals surface area contributed by atoms with Crippen LogP contribution in [0.4, 0.5) is 0 Å². The quantitative estimate of drug-likeness (QED) is 0.863. The Morgan fingerprint density at radius 1 is 1.15 bits per heavy atom. The summed E-state index contributed by atoms with van der Waals surface area (Å²) < 4.78 is 5.66. The van der Waals surface area contributed by atoms with Gasteiger partial charge in [0.2, 0.25) is 0 Å². The number of ether oxygens (including phenoxy) is 1. The Balaban J connectivity index is 0.00000147. The number of nitrogens with one attached hydrogen (secondary N) is 1. The smallest absolute Gasteiger partial charge is 0.253 e. The maximum Gasteiger partial charge on any atom is 0.253 e. The molecule has 3 aliphatic rings. The second-order valence-electron chi connectivity index (χ2n) is 6.29. The van der Waals surface area contributed by atoms with Crippen molar-refractivity contribution in [1.82, 2.24) is 10.2 Å². The highest BCUT2D eigenvalue weighted by Gasteiger charge is 2.35. The molecule has 1 saturated heterocycles. The molecule has 20 heavy (non-hydrogen) atoms. The molecule has 0 aromatic carbocycles. The van der Waals surface area contributed by atoms with Crippen LogP contribution in [0.1, 0.15) is 44.9 Å². The monoisotopic (exact) mass is 302 g/mol. The van der Waals surface area contributed by atoms with Crippen molar-refractivity contribution in [3.05, 3.63) is 0 Å². The van der Waals surface area contributed by atoms with E-state index in [1.165, 1.54) is 44.9 Å². The van der Waals surface area contributed by atoms with Crippen LogP contribution in [0.25, 0.3) is 0 Å². The predicted octanol–water partition coefficient (Wildman–Crippen LogP) is 1.97. The zero-order valence-corrected chi connectivity index (χ0v) is 13.0. The van der Waals surface area contributed by atoms with Gasteiger partial charge in [0.05, 0.1) is 6.61 Å². The number of hydrogen-bond donors (Lipinski definition) is 1. The summed E-state index contributed by atoms with van der Waals surface area (Å²) in [6.45, 7) is 3.20. The van der Waals surface area contributed by atoms with E-state index in [-0.39, 0.29) is 24.4 Å². The van der Waals surface area contributed by atoms with Crippen LogP contribution in [-0.2, 0) is 9.53 Å². The van der Waals surface area contributed by atoms with Gasteiger partial charge in [-0.15, -0.1) is 12.4 Å². The summed E-state index contributed by atoms with van der Waals surface area (Å²) in [5.41, 5.74) is 0. The third-order valence-corrected chi connectivity index (χ3v) is 4.65. The Bertz CT molecular complexity index is 311. The van der Waals surface area contributed by atoms with Crippen molar-refractivity contribution < 1.29 is 9.53 Å². The first-order chi connectivity index (χ1) is 9.34. The summed E-state index contributed by atoms with van der Waals surface area (Å²) in [6.07, 6.45) is 8.65. The molecular formula is C15H27ClN2O2. The normalized spacial score (nSPS) is 27.7. The lowest BCUT2D eigenvalue weighted by Gasteiger charge is -2.37. The van der Waals surface area contributed by atoms with Crippen LogP contribution in [0, 0.1) is 5.92 Å². The zero-order valence-electron chi connectivity index (χ0n) is 12.2. The number of nitrogens with zero attached hydrogens (tertiary/aromatic N) is 1. The van der Waals surface area contributed by atoms with Crippen molar-refractivity contribution >= 4 is 18.3 Å². The van der Waals surface area contributed by atoms with E-state index >= 15 is 0 Å². The Labute approximate surface area is 128 Å². The minimum atomic E-state index is -0.241. The van der Waals surface area contributed by atoms with Gasteiger partial charge in [-0.25, -0.2) is 0 Å². The molecule has 1 atom stereocenters. The van der Waals surface area contributed by atoms with E-state index < -0.39 is 0 Å². The topological polar surface area (TPSA) is 41.6 Å². The average Bonchev–Trinajstić information content (AvgIpc) is 3.30. The molecule has 0 bridgehead atoms. The van der Waals surface area contributed by atoms with Gasteiger partial charge in [0, 0.05) is 25.7 Å². The van der Waals surface area contributed by atoms with Crippen LogP contribution in [0.15, 0.2) is 0 Å². The Morgan fingerprint density at radius 3 is 2.50 bits per heavy atom. The fraction of sp³-hybridized carbons (Fsp3) is 0.933. The zero-order chi connectivity index (χ0) is 13.1. The highest BCUT2D eigenvalue weighted by Crippen LogP contribution is 2.33. The van der Waals surface area contributed by atoms with Gasteiger partial charge in [-0.2, -0.15) is 0 Å². The molecule has 1 aliphatic heterocycles. The number of amides is 1. The van der Waals surface area contributed by atoms with Gasteiger partial charge >= 0.3 is 0 Å². The molecule has 1 heterocycles. The molecule has 4 nitrogen and oxygen atoms in total. The molecule has 2 saturated carbocycles. The average molecular weight is 303 g/mol. The van der Waals surface area contributed by atoms with E-state index in [0.717, 1.165) is 19.0 Å². The van der Waals surface area contributed by atoms with Crippen molar-refractivity contribution in [1.29, 1.82) is 0 Å². The Kier molecular flexibility index (Phi) is 6.12. The minimum Gasteiger partial charge on any atom is -0.366 e. The molecule has 1 amide bonds. The molecular weight excluding hydrogens is 276 g/mol. The SMILES string of the molecule is Cl.O=C(C1CNCCO1)N(CC1CC1)C1CCCCC1. The summed E-state index contributed by atoms with van der Waals surface area (Å²) in [5.74, 6) is 1.01. The van der Waals surface area contributed by atoms with Gasteiger partial charge < -0.3 is 15.0 Å². The van der Waals surface area contributed by atoms with Gasteiger partial charge in [-0.1, -0.05) is 19.3 Å². The minimum absolute atomic E-state index is 0. The standard InChI is InChI=1S/C15H26N2O2.ClH/c18-15(14-10-16-8-9-19-14)17(11-12-6-7-12)13-4-2-1-3-5-13;/h12-14,16H,1-11H2;1H. The molecule has 1 unspecified atom stereocenters. The molecule has 0 aromatic rings. The number of rotatable bonds is 4. The van der Waals surface area contributed by atoms with Crippen LogP contribution in [0.3, 0.4) is 0 Å². The van der Waals surface area contributed by atoms with Gasteiger partial charge in [-0.05, 0) is 31.6 Å². The maximum atomic E-state index is 12.7. The summed E-state index contributed by atoms with van der Waals surface area (Å²) >= 11 is 0. The van der Waals surface area contributed by atoms with Crippen LogP contribution in [0.5, 0.6) is 0 Å². The summed E-state index contributed by atoms with van der Waals surface area (Å²) in [5, 5.41) is 3.27. The second kappa shape index (κ2) is 7.62. The first kappa shape index (κ1) is 16.1. The molecule has 0 spiro atoms. The van der Waals surface area contributed by atoms with E-state index in [1.807, 2.05) is 0 Å². The summed E-state index contributed by atoms with van der Waals surface area (Å²) in [4.78, 5) is 14.9. The second-order valence-corrected chi connectivity index (χ2v) is 6.29. The first-order valence-corrected chi connectivity index (χ1v) is 7.97. The van der Waals surface area contributed by atoms with Crippen LogP contribution in [-0.4, -0.2) is 49.2 Å². The molecule has 2 aliphatic carbocycles. The van der Waals surface area contributed by atoms with E-state index in [4.69, 9.17) is 4.74 Å². The van der Waals surface area contributed by atoms with Gasteiger partial charge in [0.15, 0.2) is 0 Å². The summed E-state index contributed by atoms with van der Waals surface area (Å²) in [7, 11) is 0. The van der Waals surface area contributed by atoms with E-state index in [0.29, 0.717) is 19.2 Å². The molecule has 3 fully saturated rings. The molecule has 5 heteroatoms. The lowest BCUT2D eigenvalue weighted by Crippen LogP contribution is -2.53. The largest absolute Gasteiger partial charge is 0.366 e. The van der Waals surface area contributed by atoms with Crippen molar-refractivity contribution in [3.63, 3.8) is 0 Å². The molecule has 0 aromatic heterocycles. The lowest BCUT2D eigenvalue weighted by atomic mass is 9.93. The highest BCUT2D eigenvalue weighted by atomic mass is 35.5. The number of hydrogen-bond acceptors (Lipinski definition) is 3. The summed E-state index contributed by atoms with van der Waals surface area (Å²) in [6, 6.07) is 0.479. The Morgan fingerprint density at radius 2 is 1.90 bits per heavy atom. The third-order valence-electron chi connectivity index (χ3n) is 4.65. The predicted molar refractivity (Wildman–Crippen MR) is 81.2 cm³/mol.